The van der Waals surface area contributed by atoms with Crippen LogP contribution in [0.4, 0.5) is 10.5 Å². The van der Waals surface area contributed by atoms with Gasteiger partial charge in [-0.25, -0.2) is 10.6 Å². The highest BCUT2D eigenvalue weighted by Gasteiger charge is 2.13. The van der Waals surface area contributed by atoms with E-state index in [1.807, 2.05) is 17.6 Å². The average molecular weight is 468 g/mol. The number of nitrogens with one attached hydrogen (secondary N) is 2. The van der Waals surface area contributed by atoms with E-state index in [1.165, 1.54) is 0 Å². The minimum atomic E-state index is -0.500. The smallest absolute Gasteiger partial charge is 0.333 e. The lowest BCUT2D eigenvalue weighted by Crippen LogP contribution is -2.37. The van der Waals surface area contributed by atoms with Crippen molar-refractivity contribution in [1.82, 2.24) is 15.3 Å². The van der Waals surface area contributed by atoms with Crippen molar-refractivity contribution in [2.75, 3.05) is 51.9 Å². The Morgan fingerprint density at radius 1 is 1.12 bits per heavy atom. The fourth-order valence-electron chi connectivity index (χ4n) is 3.69. The van der Waals surface area contributed by atoms with E-state index in [0.29, 0.717) is 35.3 Å². The summed E-state index contributed by atoms with van der Waals surface area (Å²) in [6.45, 7) is 5.07. The lowest BCUT2D eigenvalue weighted by Gasteiger charge is -2.26. The zero-order chi connectivity index (χ0) is 23.8. The van der Waals surface area contributed by atoms with Gasteiger partial charge in [0.2, 0.25) is 0 Å². The van der Waals surface area contributed by atoms with E-state index in [2.05, 4.69) is 15.2 Å². The molecule has 1 aromatic heterocycles. The molecular weight excluding hydrogens is 438 g/mol. The van der Waals surface area contributed by atoms with E-state index in [9.17, 15) is 4.79 Å². The van der Waals surface area contributed by atoms with Crippen molar-refractivity contribution in [3.05, 3.63) is 48.7 Å². The minimum absolute atomic E-state index is 0.500. The first-order chi connectivity index (χ1) is 16.7. The SMILES string of the molecule is COc1cc2c(Oc3ccc(NC(=O)NN)cc3)ccnc2cc1OCCCN1CCOCC1. The largest absolute Gasteiger partial charge is 0.493 e. The number of morpholine rings is 1. The predicted molar refractivity (Wildman–Crippen MR) is 129 cm³/mol. The molecule has 4 N–H and O–H groups in total. The van der Waals surface area contributed by atoms with Crippen molar-refractivity contribution >= 4 is 22.6 Å². The molecule has 1 saturated heterocycles. The van der Waals surface area contributed by atoms with E-state index in [4.69, 9.17) is 24.8 Å². The number of nitrogens with zero attached hydrogens (tertiary/aromatic N) is 2. The second kappa shape index (κ2) is 11.5. The maximum atomic E-state index is 11.3. The summed E-state index contributed by atoms with van der Waals surface area (Å²) >= 11 is 0. The highest BCUT2D eigenvalue weighted by atomic mass is 16.5. The van der Waals surface area contributed by atoms with Gasteiger partial charge in [0.25, 0.3) is 0 Å². The molecule has 10 heteroatoms. The topological polar surface area (TPSA) is 120 Å². The Hall–Kier alpha value is -3.60. The molecule has 0 saturated carbocycles. The number of nitrogens with two attached hydrogens (primary N) is 1. The van der Waals surface area contributed by atoms with Gasteiger partial charge in [-0.3, -0.25) is 15.3 Å². The van der Waals surface area contributed by atoms with E-state index in [-0.39, 0.29) is 0 Å². The molecule has 0 radical (unpaired) electrons. The van der Waals surface area contributed by atoms with Gasteiger partial charge in [0.05, 0.1) is 32.4 Å². The highest BCUT2D eigenvalue weighted by Crippen LogP contribution is 2.37. The highest BCUT2D eigenvalue weighted by molar-refractivity contribution is 5.89. The zero-order valence-electron chi connectivity index (χ0n) is 19.1. The Bertz CT molecular complexity index is 1100. The summed E-state index contributed by atoms with van der Waals surface area (Å²) in [5.74, 6) is 7.58. The van der Waals surface area contributed by atoms with Gasteiger partial charge in [-0.1, -0.05) is 0 Å². The van der Waals surface area contributed by atoms with Crippen LogP contribution in [-0.4, -0.2) is 62.5 Å². The Morgan fingerprint density at radius 2 is 1.91 bits per heavy atom. The molecule has 0 unspecified atom stereocenters. The summed E-state index contributed by atoms with van der Waals surface area (Å²) in [6, 6.07) is 12.0. The quantitative estimate of drug-likeness (QED) is 0.190. The number of anilines is 1. The number of hydrogen-bond acceptors (Lipinski definition) is 8. The van der Waals surface area contributed by atoms with Gasteiger partial charge in [0.15, 0.2) is 11.5 Å². The first kappa shape index (κ1) is 23.6. The zero-order valence-corrected chi connectivity index (χ0v) is 19.1. The molecule has 2 aromatic carbocycles. The molecule has 10 nitrogen and oxygen atoms in total. The molecule has 0 spiro atoms. The van der Waals surface area contributed by atoms with E-state index in [0.717, 1.165) is 50.2 Å². The van der Waals surface area contributed by atoms with E-state index >= 15 is 0 Å². The Labute approximate surface area is 197 Å². The number of rotatable bonds is 9. The summed E-state index contributed by atoms with van der Waals surface area (Å²) in [4.78, 5) is 18.2. The van der Waals surface area contributed by atoms with Crippen molar-refractivity contribution in [2.24, 2.45) is 5.84 Å². The van der Waals surface area contributed by atoms with Crippen LogP contribution in [-0.2, 0) is 4.74 Å². The van der Waals surface area contributed by atoms with Crippen LogP contribution in [0.25, 0.3) is 10.9 Å². The number of hydrogen-bond donors (Lipinski definition) is 3. The molecule has 2 amide bonds. The molecule has 3 aromatic rings. The van der Waals surface area contributed by atoms with Crippen LogP contribution in [0.15, 0.2) is 48.7 Å². The molecule has 0 atom stereocenters. The third-order valence-electron chi connectivity index (χ3n) is 5.44. The van der Waals surface area contributed by atoms with E-state index in [1.54, 1.807) is 43.6 Å². The molecular formula is C24H29N5O5. The van der Waals surface area contributed by atoms with Crippen LogP contribution in [0.5, 0.6) is 23.0 Å². The Kier molecular flexibility index (Phi) is 7.97. The minimum Gasteiger partial charge on any atom is -0.493 e. The first-order valence-electron chi connectivity index (χ1n) is 11.1. The van der Waals surface area contributed by atoms with Crippen molar-refractivity contribution in [3.8, 4) is 23.0 Å². The number of carbonyl (C=O) groups is 1. The number of ether oxygens (including phenoxy) is 4. The average Bonchev–Trinajstić information content (AvgIpc) is 2.88. The van der Waals surface area contributed by atoms with Crippen LogP contribution >= 0.6 is 0 Å². The van der Waals surface area contributed by atoms with Gasteiger partial charge < -0.3 is 24.3 Å². The lowest BCUT2D eigenvalue weighted by atomic mass is 10.1. The Morgan fingerprint density at radius 3 is 2.65 bits per heavy atom. The number of amides is 2. The van der Waals surface area contributed by atoms with Gasteiger partial charge >= 0.3 is 6.03 Å². The van der Waals surface area contributed by atoms with Gasteiger partial charge in [-0.15, -0.1) is 0 Å². The molecule has 4 rings (SSSR count). The molecule has 0 bridgehead atoms. The predicted octanol–water partition coefficient (Wildman–Crippen LogP) is 3.13. The van der Waals surface area contributed by atoms with Crippen molar-refractivity contribution < 1.29 is 23.7 Å². The molecule has 1 aliphatic heterocycles. The summed E-state index contributed by atoms with van der Waals surface area (Å²) in [7, 11) is 1.61. The number of benzene rings is 2. The number of urea groups is 1. The van der Waals surface area contributed by atoms with Gasteiger partial charge in [0, 0.05) is 43.0 Å². The third kappa shape index (κ3) is 6.04. The van der Waals surface area contributed by atoms with Crippen molar-refractivity contribution in [2.45, 2.75) is 6.42 Å². The third-order valence-corrected chi connectivity index (χ3v) is 5.44. The molecule has 1 fully saturated rings. The number of aromatic nitrogens is 1. The second-order valence-electron chi connectivity index (χ2n) is 7.71. The fourth-order valence-corrected chi connectivity index (χ4v) is 3.69. The second-order valence-corrected chi connectivity index (χ2v) is 7.71. The van der Waals surface area contributed by atoms with Crippen molar-refractivity contribution in [3.63, 3.8) is 0 Å². The van der Waals surface area contributed by atoms with Gasteiger partial charge in [-0.2, -0.15) is 0 Å². The van der Waals surface area contributed by atoms with Crippen LogP contribution in [0.3, 0.4) is 0 Å². The molecule has 34 heavy (non-hydrogen) atoms. The number of fused-ring (bicyclic) bond motifs is 1. The normalized spacial score (nSPS) is 13.9. The number of carbonyl (C=O) groups excluding carboxylic acids is 1. The number of methoxy groups -OCH3 is 1. The molecule has 0 aliphatic carbocycles. The number of hydrazine groups is 1. The fraction of sp³-hybridized carbons (Fsp3) is 0.333. The summed E-state index contributed by atoms with van der Waals surface area (Å²) in [5.41, 5.74) is 3.34. The summed E-state index contributed by atoms with van der Waals surface area (Å²) < 4.78 is 23.1. The van der Waals surface area contributed by atoms with Gasteiger partial charge in [-0.05, 0) is 42.8 Å². The maximum Gasteiger partial charge on any atom is 0.333 e. The summed E-state index contributed by atoms with van der Waals surface area (Å²) in [5, 5.41) is 3.39. The molecule has 2 heterocycles. The van der Waals surface area contributed by atoms with Crippen LogP contribution in [0.2, 0.25) is 0 Å². The van der Waals surface area contributed by atoms with Gasteiger partial charge in [0.1, 0.15) is 11.5 Å². The summed E-state index contributed by atoms with van der Waals surface area (Å²) in [6.07, 6.45) is 2.60. The first-order valence-corrected chi connectivity index (χ1v) is 11.1. The number of pyridine rings is 1. The van der Waals surface area contributed by atoms with Crippen LogP contribution in [0, 0.1) is 0 Å². The molecule has 180 valence electrons. The monoisotopic (exact) mass is 467 g/mol. The van der Waals surface area contributed by atoms with Crippen molar-refractivity contribution in [1.29, 1.82) is 0 Å². The van der Waals surface area contributed by atoms with E-state index < -0.39 is 6.03 Å². The molecule has 1 aliphatic rings. The maximum absolute atomic E-state index is 11.3. The standard InChI is InChI=1S/C24H29N5O5/c1-31-22-15-19-20(16-23(22)33-12-2-9-29-10-13-32-14-11-29)26-8-7-21(19)34-18-5-3-17(4-6-18)27-24(30)28-25/h3-8,15-16H,2,9-14,25H2,1H3,(H2,27,28,30). The lowest BCUT2D eigenvalue weighted by molar-refractivity contribution is 0.0357. The Balaban J connectivity index is 1.44. The van der Waals surface area contributed by atoms with Crippen LogP contribution in [0.1, 0.15) is 6.42 Å². The van der Waals surface area contributed by atoms with Crippen LogP contribution < -0.4 is 30.8 Å².